The lowest BCUT2D eigenvalue weighted by atomic mass is 9.72. The largest absolute Gasteiger partial charge is 0.490 e. The van der Waals surface area contributed by atoms with E-state index in [4.69, 9.17) is 24.3 Å². The summed E-state index contributed by atoms with van der Waals surface area (Å²) < 4.78 is 68.8. The SMILES string of the molecule is Cc1noc(C)c1CN1CCC2(CCCN(Cc3ccccn3)C2)CC1.O=C(O)C(F)(F)F.O=C(O)C(F)(F)F. The third kappa shape index (κ3) is 10.4. The summed E-state index contributed by atoms with van der Waals surface area (Å²) in [5.74, 6) is -4.54. The van der Waals surface area contributed by atoms with Gasteiger partial charge in [0.2, 0.25) is 0 Å². The van der Waals surface area contributed by atoms with Crippen molar-refractivity contribution in [2.45, 2.75) is 65.0 Å². The van der Waals surface area contributed by atoms with Gasteiger partial charge in [-0.3, -0.25) is 14.8 Å². The van der Waals surface area contributed by atoms with E-state index >= 15 is 0 Å². The van der Waals surface area contributed by atoms with Gasteiger partial charge in [-0.1, -0.05) is 11.2 Å². The third-order valence-corrected chi connectivity index (χ3v) is 6.82. The second-order valence-corrected chi connectivity index (χ2v) is 9.82. The molecule has 2 fully saturated rings. The predicted octanol–water partition coefficient (Wildman–Crippen LogP) is 4.83. The second-order valence-electron chi connectivity index (χ2n) is 9.82. The van der Waals surface area contributed by atoms with Gasteiger partial charge in [0.25, 0.3) is 0 Å². The number of likely N-dealkylation sites (tertiary alicyclic amines) is 2. The molecule has 0 aromatic carbocycles. The van der Waals surface area contributed by atoms with Crippen LogP contribution in [0, 0.1) is 19.3 Å². The van der Waals surface area contributed by atoms with Gasteiger partial charge in [0.15, 0.2) is 0 Å². The fourth-order valence-electron chi connectivity index (χ4n) is 4.71. The molecule has 1 spiro atoms. The van der Waals surface area contributed by atoms with Crippen LogP contribution in [-0.2, 0) is 22.7 Å². The number of aryl methyl sites for hydroxylation is 2. The lowest BCUT2D eigenvalue weighted by Gasteiger charge is -2.47. The Balaban J connectivity index is 0.000000333. The molecule has 224 valence electrons. The van der Waals surface area contributed by atoms with E-state index in [-0.39, 0.29) is 0 Å². The normalized spacial score (nSPS) is 17.8. The van der Waals surface area contributed by atoms with Crippen molar-refractivity contribution in [1.82, 2.24) is 19.9 Å². The van der Waals surface area contributed by atoms with Crippen LogP contribution in [0.3, 0.4) is 0 Å². The average Bonchev–Trinajstić information content (AvgIpc) is 3.18. The molecule has 0 saturated carbocycles. The number of nitrogens with zero attached hydrogens (tertiary/aromatic N) is 4. The number of carboxylic acid groups (broad SMARTS) is 2. The molecule has 2 aliphatic rings. The Kier molecular flexibility index (Phi) is 11.5. The molecule has 2 aromatic rings. The van der Waals surface area contributed by atoms with Gasteiger partial charge in [-0.2, -0.15) is 26.3 Å². The van der Waals surface area contributed by atoms with Gasteiger partial charge in [-0.25, -0.2) is 9.59 Å². The third-order valence-electron chi connectivity index (χ3n) is 6.82. The fraction of sp³-hybridized carbons (Fsp3) is 0.600. The standard InChI is InChI=1S/C21H30N4O.2C2HF3O2/c1-17-20(18(2)26-23-17)15-24-12-8-21(9-13-24)7-5-11-25(16-21)14-19-6-3-4-10-22-19;2*3-2(4,5)1(6)7/h3-4,6,10H,5,7-9,11-16H2,1-2H3;2*(H,6,7). The number of alkyl halides is 6. The lowest BCUT2D eigenvalue weighted by molar-refractivity contribution is -0.193. The molecular formula is C25H32F6N4O5. The van der Waals surface area contributed by atoms with Gasteiger partial charge in [0, 0.05) is 31.4 Å². The number of hydrogen-bond acceptors (Lipinski definition) is 7. The highest BCUT2D eigenvalue weighted by atomic mass is 19.4. The first-order chi connectivity index (χ1) is 18.5. The van der Waals surface area contributed by atoms with Crippen LogP contribution in [0.2, 0.25) is 0 Å². The van der Waals surface area contributed by atoms with E-state index in [9.17, 15) is 26.3 Å². The summed E-state index contributed by atoms with van der Waals surface area (Å²) in [6.07, 6.45) is -2.96. The first-order valence-electron chi connectivity index (χ1n) is 12.4. The van der Waals surface area contributed by atoms with E-state index in [1.165, 1.54) is 63.1 Å². The number of aliphatic carboxylic acids is 2. The number of carboxylic acids is 2. The molecule has 9 nitrogen and oxygen atoms in total. The van der Waals surface area contributed by atoms with Gasteiger partial charge < -0.3 is 14.7 Å². The molecule has 4 heterocycles. The first-order valence-corrected chi connectivity index (χ1v) is 12.4. The summed E-state index contributed by atoms with van der Waals surface area (Å²) in [4.78, 5) is 27.5. The zero-order valence-corrected chi connectivity index (χ0v) is 22.1. The van der Waals surface area contributed by atoms with Crippen molar-refractivity contribution in [3.05, 3.63) is 47.1 Å². The molecule has 15 heteroatoms. The molecular weight excluding hydrogens is 550 g/mol. The minimum absolute atomic E-state index is 0.502. The van der Waals surface area contributed by atoms with Crippen LogP contribution in [0.25, 0.3) is 0 Å². The van der Waals surface area contributed by atoms with Crippen molar-refractivity contribution < 1.29 is 50.7 Å². The zero-order chi connectivity index (χ0) is 30.1. The number of pyridine rings is 1. The van der Waals surface area contributed by atoms with Crippen LogP contribution >= 0.6 is 0 Å². The van der Waals surface area contributed by atoms with Crippen molar-refractivity contribution in [3.8, 4) is 0 Å². The van der Waals surface area contributed by atoms with E-state index in [0.717, 1.165) is 24.5 Å². The van der Waals surface area contributed by atoms with Crippen molar-refractivity contribution in [1.29, 1.82) is 0 Å². The molecule has 2 aliphatic heterocycles. The Morgan fingerprint density at radius 1 is 0.925 bits per heavy atom. The summed E-state index contributed by atoms with van der Waals surface area (Å²) >= 11 is 0. The first kappa shape index (κ1) is 33.0. The van der Waals surface area contributed by atoms with Crippen LogP contribution in [0.1, 0.15) is 48.4 Å². The van der Waals surface area contributed by atoms with E-state index in [1.54, 1.807) is 0 Å². The molecule has 4 rings (SSSR count). The van der Waals surface area contributed by atoms with Gasteiger partial charge in [0.05, 0.1) is 11.4 Å². The van der Waals surface area contributed by atoms with Crippen LogP contribution in [0.4, 0.5) is 26.3 Å². The van der Waals surface area contributed by atoms with Crippen molar-refractivity contribution in [3.63, 3.8) is 0 Å². The van der Waals surface area contributed by atoms with Crippen molar-refractivity contribution in [2.24, 2.45) is 5.41 Å². The van der Waals surface area contributed by atoms with Gasteiger partial charge in [-0.05, 0) is 76.7 Å². The maximum Gasteiger partial charge on any atom is 0.490 e. The Hall–Kier alpha value is -3.20. The van der Waals surface area contributed by atoms with E-state index < -0.39 is 24.3 Å². The molecule has 0 amide bonds. The average molecular weight is 583 g/mol. The van der Waals surface area contributed by atoms with Crippen LogP contribution < -0.4 is 0 Å². The number of carbonyl (C=O) groups is 2. The van der Waals surface area contributed by atoms with E-state index in [2.05, 4.69) is 32.1 Å². The Labute approximate surface area is 226 Å². The Bertz CT molecular complexity index is 1060. The van der Waals surface area contributed by atoms with E-state index in [0.29, 0.717) is 5.41 Å². The topological polar surface area (TPSA) is 120 Å². The number of halogens is 6. The molecule has 2 saturated heterocycles. The molecule has 0 bridgehead atoms. The highest BCUT2D eigenvalue weighted by Gasteiger charge is 2.39. The molecule has 0 atom stereocenters. The molecule has 2 aromatic heterocycles. The lowest BCUT2D eigenvalue weighted by Crippen LogP contribution is -2.49. The van der Waals surface area contributed by atoms with Crippen LogP contribution in [0.5, 0.6) is 0 Å². The monoisotopic (exact) mass is 582 g/mol. The van der Waals surface area contributed by atoms with Crippen molar-refractivity contribution in [2.75, 3.05) is 26.2 Å². The summed E-state index contributed by atoms with van der Waals surface area (Å²) in [5, 5.41) is 18.4. The van der Waals surface area contributed by atoms with E-state index in [1.807, 2.05) is 26.1 Å². The smallest absolute Gasteiger partial charge is 0.475 e. The maximum atomic E-state index is 10.6. The maximum absolute atomic E-state index is 10.6. The highest BCUT2D eigenvalue weighted by Crippen LogP contribution is 2.40. The molecule has 40 heavy (non-hydrogen) atoms. The van der Waals surface area contributed by atoms with Gasteiger partial charge >= 0.3 is 24.3 Å². The quantitative estimate of drug-likeness (QED) is 0.489. The van der Waals surface area contributed by atoms with Crippen LogP contribution in [-0.4, -0.2) is 80.6 Å². The Morgan fingerprint density at radius 3 is 1.95 bits per heavy atom. The minimum Gasteiger partial charge on any atom is -0.475 e. The van der Waals surface area contributed by atoms with Gasteiger partial charge in [-0.15, -0.1) is 0 Å². The highest BCUT2D eigenvalue weighted by molar-refractivity contribution is 5.73. The predicted molar refractivity (Wildman–Crippen MR) is 129 cm³/mol. The second kappa shape index (κ2) is 13.9. The number of rotatable bonds is 4. The number of piperidine rings is 2. The Morgan fingerprint density at radius 2 is 1.50 bits per heavy atom. The van der Waals surface area contributed by atoms with Gasteiger partial charge in [0.1, 0.15) is 5.76 Å². The summed E-state index contributed by atoms with van der Waals surface area (Å²) in [7, 11) is 0. The number of aromatic nitrogens is 2. The molecule has 2 N–H and O–H groups in total. The summed E-state index contributed by atoms with van der Waals surface area (Å²) in [6.45, 7) is 10.8. The van der Waals surface area contributed by atoms with Crippen LogP contribution in [0.15, 0.2) is 28.9 Å². The number of hydrogen-bond donors (Lipinski definition) is 2. The van der Waals surface area contributed by atoms with Crippen molar-refractivity contribution >= 4 is 11.9 Å². The fourth-order valence-corrected chi connectivity index (χ4v) is 4.71. The summed E-state index contributed by atoms with van der Waals surface area (Å²) in [6, 6.07) is 6.23. The molecule has 0 aliphatic carbocycles. The molecule has 0 unspecified atom stereocenters. The molecule has 0 radical (unpaired) electrons. The zero-order valence-electron chi connectivity index (χ0n) is 22.1. The minimum atomic E-state index is -5.08. The summed E-state index contributed by atoms with van der Waals surface area (Å²) in [5.41, 5.74) is 4.02.